The summed E-state index contributed by atoms with van der Waals surface area (Å²) in [4.78, 5) is 0. The second-order valence-corrected chi connectivity index (χ2v) is 6.58. The Morgan fingerprint density at radius 1 is 1.04 bits per heavy atom. The van der Waals surface area contributed by atoms with Crippen molar-refractivity contribution in [3.05, 3.63) is 75.9 Å². The fourth-order valence-corrected chi connectivity index (χ4v) is 3.07. The number of ether oxygens (including phenoxy) is 1. The van der Waals surface area contributed by atoms with Gasteiger partial charge in [-0.15, -0.1) is 0 Å². The molecule has 0 N–H and O–H groups in total. The number of hydrogen-bond acceptors (Lipinski definition) is 1. The van der Waals surface area contributed by atoms with Crippen LogP contribution in [0, 0.1) is 0 Å². The summed E-state index contributed by atoms with van der Waals surface area (Å²) in [7, 11) is 2.06. The van der Waals surface area contributed by atoms with Crippen molar-refractivity contribution in [2.24, 2.45) is 7.05 Å². The van der Waals surface area contributed by atoms with Gasteiger partial charge < -0.3 is 9.30 Å². The number of fused-ring (bicyclic) bond motifs is 1. The van der Waals surface area contributed by atoms with Crippen molar-refractivity contribution in [3.8, 4) is 0 Å². The Morgan fingerprint density at radius 2 is 1.88 bits per heavy atom. The molecule has 0 saturated heterocycles. The molecule has 2 nitrogen and oxygen atoms in total. The Morgan fingerprint density at radius 3 is 2.71 bits per heavy atom. The van der Waals surface area contributed by atoms with Crippen molar-refractivity contribution >= 4 is 40.2 Å². The average Bonchev–Trinajstić information content (AvgIpc) is 2.86. The number of benzene rings is 2. The van der Waals surface area contributed by atoms with E-state index in [-0.39, 0.29) is 0 Å². The normalized spacial score (nSPS) is 11.6. The fraction of sp³-hybridized carbons (Fsp3) is 0.200. The predicted molar refractivity (Wildman–Crippen MR) is 103 cm³/mol. The minimum absolute atomic E-state index is 0.584. The van der Waals surface area contributed by atoms with E-state index in [0.717, 1.165) is 33.1 Å². The van der Waals surface area contributed by atoms with Crippen LogP contribution in [0.3, 0.4) is 0 Å². The third-order valence-corrected chi connectivity index (χ3v) is 4.39. The number of aromatic nitrogens is 1. The molecule has 3 aromatic rings. The van der Waals surface area contributed by atoms with E-state index in [1.54, 1.807) is 0 Å². The molecule has 0 aliphatic carbocycles. The molecule has 0 atom stereocenters. The Balaban J connectivity index is 1.52. The Kier molecular flexibility index (Phi) is 5.62. The number of nitrogens with zero attached hydrogens (tertiary/aromatic N) is 1. The van der Waals surface area contributed by atoms with Crippen LogP contribution in [-0.4, -0.2) is 11.2 Å². The first-order valence-corrected chi connectivity index (χ1v) is 8.63. The van der Waals surface area contributed by atoms with Crippen molar-refractivity contribution in [2.45, 2.75) is 13.0 Å². The van der Waals surface area contributed by atoms with E-state index in [4.69, 9.17) is 27.9 Å². The first-order valence-electron chi connectivity index (χ1n) is 7.87. The van der Waals surface area contributed by atoms with Gasteiger partial charge in [0.1, 0.15) is 0 Å². The van der Waals surface area contributed by atoms with E-state index in [2.05, 4.69) is 29.8 Å². The Hall–Kier alpha value is -1.74. The molecule has 24 heavy (non-hydrogen) atoms. The van der Waals surface area contributed by atoms with Crippen LogP contribution >= 0.6 is 23.2 Å². The maximum Gasteiger partial charge on any atom is 0.0717 e. The number of halogens is 2. The lowest BCUT2D eigenvalue weighted by atomic mass is 10.2. The van der Waals surface area contributed by atoms with Gasteiger partial charge in [-0.05, 0) is 54.5 Å². The minimum Gasteiger partial charge on any atom is -0.376 e. The molecule has 124 valence electrons. The van der Waals surface area contributed by atoms with Gasteiger partial charge in [0.25, 0.3) is 0 Å². The molecule has 0 spiro atoms. The smallest absolute Gasteiger partial charge is 0.0717 e. The lowest BCUT2D eigenvalue weighted by molar-refractivity contribution is 0.125. The topological polar surface area (TPSA) is 14.2 Å². The van der Waals surface area contributed by atoms with Crippen molar-refractivity contribution in [2.75, 3.05) is 6.61 Å². The highest BCUT2D eigenvalue weighted by atomic mass is 35.5. The summed E-state index contributed by atoms with van der Waals surface area (Å²) in [5.41, 5.74) is 3.43. The van der Waals surface area contributed by atoms with E-state index in [1.165, 1.54) is 5.52 Å². The van der Waals surface area contributed by atoms with Gasteiger partial charge in [-0.1, -0.05) is 41.4 Å². The second-order valence-electron chi connectivity index (χ2n) is 5.70. The van der Waals surface area contributed by atoms with E-state index in [1.807, 2.05) is 42.5 Å². The summed E-state index contributed by atoms with van der Waals surface area (Å²) in [6, 6.07) is 15.8. The molecular formula is C20H19Cl2NO. The standard InChI is InChI=1S/C20H19Cl2NO/c1-23-19(13-16-12-18(22)8-9-20(16)23)7-2-3-10-24-14-15-5-4-6-17(21)11-15/h2,4-9,11-13H,3,10,14H2,1H3/b7-2+. The summed E-state index contributed by atoms with van der Waals surface area (Å²) >= 11 is 12.0. The quantitative estimate of drug-likeness (QED) is 0.484. The third-order valence-electron chi connectivity index (χ3n) is 3.92. The number of aryl methyl sites for hydroxylation is 1. The summed E-state index contributed by atoms with van der Waals surface area (Å²) in [6.45, 7) is 1.26. The van der Waals surface area contributed by atoms with Gasteiger partial charge >= 0.3 is 0 Å². The highest BCUT2D eigenvalue weighted by Crippen LogP contribution is 2.23. The SMILES string of the molecule is Cn1c(/C=C/CCOCc2cccc(Cl)c2)cc2cc(Cl)ccc21. The molecule has 0 fully saturated rings. The first kappa shape index (κ1) is 17.1. The zero-order valence-corrected chi connectivity index (χ0v) is 15.0. The Labute approximate surface area is 152 Å². The summed E-state index contributed by atoms with van der Waals surface area (Å²) in [5.74, 6) is 0. The van der Waals surface area contributed by atoms with Gasteiger partial charge in [0, 0.05) is 33.7 Å². The zero-order chi connectivity index (χ0) is 16.9. The molecule has 0 aliphatic heterocycles. The van der Waals surface area contributed by atoms with Gasteiger partial charge in [0.05, 0.1) is 13.2 Å². The molecule has 0 radical (unpaired) electrons. The minimum atomic E-state index is 0.584. The molecule has 0 aliphatic rings. The summed E-state index contributed by atoms with van der Waals surface area (Å²) in [5, 5.41) is 2.66. The molecule has 0 saturated carbocycles. The summed E-state index contributed by atoms with van der Waals surface area (Å²) < 4.78 is 7.85. The van der Waals surface area contributed by atoms with Crippen LogP contribution in [0.1, 0.15) is 17.7 Å². The lowest BCUT2D eigenvalue weighted by Crippen LogP contribution is -1.94. The monoisotopic (exact) mass is 359 g/mol. The number of hydrogen-bond donors (Lipinski definition) is 0. The van der Waals surface area contributed by atoms with E-state index >= 15 is 0 Å². The van der Waals surface area contributed by atoms with Crippen LogP contribution in [0.15, 0.2) is 54.6 Å². The molecule has 1 aromatic heterocycles. The van der Waals surface area contributed by atoms with Gasteiger partial charge in [-0.25, -0.2) is 0 Å². The molecule has 0 bridgehead atoms. The van der Waals surface area contributed by atoms with Gasteiger partial charge in [0.2, 0.25) is 0 Å². The van der Waals surface area contributed by atoms with Gasteiger partial charge in [-0.2, -0.15) is 0 Å². The largest absolute Gasteiger partial charge is 0.376 e. The van der Waals surface area contributed by atoms with E-state index < -0.39 is 0 Å². The highest BCUT2D eigenvalue weighted by molar-refractivity contribution is 6.31. The lowest BCUT2D eigenvalue weighted by Gasteiger charge is -2.03. The van der Waals surface area contributed by atoms with Crippen LogP contribution in [0.25, 0.3) is 17.0 Å². The van der Waals surface area contributed by atoms with Crippen LogP contribution in [-0.2, 0) is 18.4 Å². The maximum atomic E-state index is 6.05. The molecule has 4 heteroatoms. The van der Waals surface area contributed by atoms with Crippen LogP contribution in [0.5, 0.6) is 0 Å². The molecule has 3 rings (SSSR count). The number of rotatable bonds is 6. The zero-order valence-electron chi connectivity index (χ0n) is 13.5. The van der Waals surface area contributed by atoms with Crippen molar-refractivity contribution in [3.63, 3.8) is 0 Å². The van der Waals surface area contributed by atoms with Crippen molar-refractivity contribution in [1.29, 1.82) is 0 Å². The van der Waals surface area contributed by atoms with Crippen molar-refractivity contribution in [1.82, 2.24) is 4.57 Å². The fourth-order valence-electron chi connectivity index (χ4n) is 2.67. The highest BCUT2D eigenvalue weighted by Gasteiger charge is 2.03. The van der Waals surface area contributed by atoms with Crippen LogP contribution in [0.2, 0.25) is 10.0 Å². The molecular weight excluding hydrogens is 341 g/mol. The average molecular weight is 360 g/mol. The van der Waals surface area contributed by atoms with E-state index in [9.17, 15) is 0 Å². The second kappa shape index (κ2) is 7.89. The molecule has 0 amide bonds. The predicted octanol–water partition coefficient (Wildman–Crippen LogP) is 6.11. The van der Waals surface area contributed by atoms with Crippen LogP contribution < -0.4 is 0 Å². The Bertz CT molecular complexity index is 867. The third kappa shape index (κ3) is 4.21. The van der Waals surface area contributed by atoms with E-state index in [0.29, 0.717) is 13.2 Å². The molecule has 1 heterocycles. The summed E-state index contributed by atoms with van der Waals surface area (Å²) in [6.07, 6.45) is 5.12. The van der Waals surface area contributed by atoms with Crippen LogP contribution in [0.4, 0.5) is 0 Å². The van der Waals surface area contributed by atoms with Gasteiger partial charge in [-0.3, -0.25) is 0 Å². The maximum absolute atomic E-state index is 6.05. The van der Waals surface area contributed by atoms with Crippen molar-refractivity contribution < 1.29 is 4.74 Å². The molecule has 0 unspecified atom stereocenters. The first-order chi connectivity index (χ1) is 11.6. The molecule has 2 aromatic carbocycles. The van der Waals surface area contributed by atoms with Gasteiger partial charge in [0.15, 0.2) is 0 Å².